The van der Waals surface area contributed by atoms with E-state index in [9.17, 15) is 9.59 Å². The lowest BCUT2D eigenvalue weighted by Gasteiger charge is -2.27. The van der Waals surface area contributed by atoms with Gasteiger partial charge in [-0.1, -0.05) is 0 Å². The summed E-state index contributed by atoms with van der Waals surface area (Å²) >= 11 is 0. The molecule has 1 aliphatic rings. The molecule has 1 heterocycles. The quantitative estimate of drug-likeness (QED) is 0.666. The summed E-state index contributed by atoms with van der Waals surface area (Å²) in [6, 6.07) is 0. The van der Waals surface area contributed by atoms with E-state index in [-0.39, 0.29) is 24.9 Å². The fourth-order valence-corrected chi connectivity index (χ4v) is 1.60. The summed E-state index contributed by atoms with van der Waals surface area (Å²) < 4.78 is 9.56. The minimum atomic E-state index is -0.904. The van der Waals surface area contributed by atoms with Crippen LogP contribution in [0.3, 0.4) is 0 Å². The maximum atomic E-state index is 11.0. The summed E-state index contributed by atoms with van der Waals surface area (Å²) in [5.41, 5.74) is 0. The summed E-state index contributed by atoms with van der Waals surface area (Å²) in [5, 5.41) is 8.86. The second-order valence-corrected chi connectivity index (χ2v) is 3.35. The van der Waals surface area contributed by atoms with Crippen LogP contribution in [-0.2, 0) is 19.1 Å². The standard InChI is InChI=1S/C9H14O5/c1-13-8(10)4-6-2-3-14-5-7(6)9(11)12/h6-7H,2-5H2,1H3,(H,11,12)/t6-,7-/m1/s1. The molecule has 0 aromatic carbocycles. The van der Waals surface area contributed by atoms with E-state index in [2.05, 4.69) is 4.74 Å². The first-order valence-corrected chi connectivity index (χ1v) is 4.52. The Morgan fingerprint density at radius 1 is 1.57 bits per heavy atom. The van der Waals surface area contributed by atoms with Gasteiger partial charge in [-0.2, -0.15) is 0 Å². The second-order valence-electron chi connectivity index (χ2n) is 3.35. The van der Waals surface area contributed by atoms with Crippen molar-refractivity contribution < 1.29 is 24.2 Å². The van der Waals surface area contributed by atoms with E-state index < -0.39 is 11.9 Å². The zero-order valence-electron chi connectivity index (χ0n) is 8.06. The lowest BCUT2D eigenvalue weighted by molar-refractivity contribution is -0.152. The second kappa shape index (κ2) is 4.95. The molecule has 14 heavy (non-hydrogen) atoms. The third-order valence-corrected chi connectivity index (χ3v) is 2.47. The van der Waals surface area contributed by atoms with Gasteiger partial charge in [0.05, 0.1) is 19.6 Å². The molecule has 0 aromatic heterocycles. The van der Waals surface area contributed by atoms with Gasteiger partial charge in [0.2, 0.25) is 0 Å². The maximum Gasteiger partial charge on any atom is 0.309 e. The monoisotopic (exact) mass is 202 g/mol. The summed E-state index contributed by atoms with van der Waals surface area (Å²) in [5.74, 6) is -2.00. The van der Waals surface area contributed by atoms with Gasteiger partial charge in [0, 0.05) is 13.0 Å². The number of rotatable bonds is 3. The zero-order chi connectivity index (χ0) is 10.6. The Labute approximate surface area is 82.0 Å². The lowest BCUT2D eigenvalue weighted by Crippen LogP contribution is -2.34. The number of carboxylic acid groups (broad SMARTS) is 1. The highest BCUT2D eigenvalue weighted by atomic mass is 16.5. The van der Waals surface area contributed by atoms with Crippen molar-refractivity contribution in [2.75, 3.05) is 20.3 Å². The van der Waals surface area contributed by atoms with Crippen molar-refractivity contribution in [3.8, 4) is 0 Å². The molecule has 0 bridgehead atoms. The molecule has 2 atom stereocenters. The molecule has 1 saturated heterocycles. The number of ether oxygens (including phenoxy) is 2. The molecule has 0 spiro atoms. The molecule has 1 fully saturated rings. The van der Waals surface area contributed by atoms with E-state index >= 15 is 0 Å². The van der Waals surface area contributed by atoms with Crippen LogP contribution in [0.5, 0.6) is 0 Å². The third kappa shape index (κ3) is 2.70. The Morgan fingerprint density at radius 3 is 2.86 bits per heavy atom. The highest BCUT2D eigenvalue weighted by Gasteiger charge is 2.33. The number of hydrogen-bond acceptors (Lipinski definition) is 4. The van der Waals surface area contributed by atoms with Crippen LogP contribution < -0.4 is 0 Å². The molecule has 1 N–H and O–H groups in total. The Hall–Kier alpha value is -1.10. The van der Waals surface area contributed by atoms with Gasteiger partial charge >= 0.3 is 11.9 Å². The average Bonchev–Trinajstić information content (AvgIpc) is 2.18. The average molecular weight is 202 g/mol. The Kier molecular flexibility index (Phi) is 3.88. The zero-order valence-corrected chi connectivity index (χ0v) is 8.06. The van der Waals surface area contributed by atoms with E-state index in [1.165, 1.54) is 7.11 Å². The van der Waals surface area contributed by atoms with Crippen LogP contribution in [0.4, 0.5) is 0 Å². The predicted octanol–water partition coefficient (Wildman–Crippen LogP) is 0.287. The molecule has 1 aliphatic heterocycles. The van der Waals surface area contributed by atoms with Crippen LogP contribution >= 0.6 is 0 Å². The Morgan fingerprint density at radius 2 is 2.29 bits per heavy atom. The van der Waals surface area contributed by atoms with Gasteiger partial charge in [-0.05, 0) is 12.3 Å². The topological polar surface area (TPSA) is 72.8 Å². The fraction of sp³-hybridized carbons (Fsp3) is 0.778. The summed E-state index contributed by atoms with van der Waals surface area (Å²) in [4.78, 5) is 21.8. The molecule has 0 radical (unpaired) electrons. The van der Waals surface area contributed by atoms with Gasteiger partial charge in [-0.15, -0.1) is 0 Å². The normalized spacial score (nSPS) is 26.9. The minimum absolute atomic E-state index is 0.159. The van der Waals surface area contributed by atoms with E-state index in [1.54, 1.807) is 0 Å². The maximum absolute atomic E-state index is 11.0. The van der Waals surface area contributed by atoms with E-state index in [4.69, 9.17) is 9.84 Å². The molecule has 0 unspecified atom stereocenters. The van der Waals surface area contributed by atoms with Crippen molar-refractivity contribution in [3.05, 3.63) is 0 Å². The number of esters is 1. The third-order valence-electron chi connectivity index (χ3n) is 2.47. The van der Waals surface area contributed by atoms with Crippen LogP contribution in [0, 0.1) is 11.8 Å². The number of carbonyl (C=O) groups excluding carboxylic acids is 1. The van der Waals surface area contributed by atoms with Crippen molar-refractivity contribution in [3.63, 3.8) is 0 Å². The van der Waals surface area contributed by atoms with Crippen molar-refractivity contribution in [2.24, 2.45) is 11.8 Å². The lowest BCUT2D eigenvalue weighted by atomic mass is 9.86. The number of hydrogen-bond donors (Lipinski definition) is 1. The number of carbonyl (C=O) groups is 2. The van der Waals surface area contributed by atoms with Crippen LogP contribution in [0.25, 0.3) is 0 Å². The highest BCUT2D eigenvalue weighted by molar-refractivity contribution is 5.74. The van der Waals surface area contributed by atoms with Crippen molar-refractivity contribution in [1.29, 1.82) is 0 Å². The Balaban J connectivity index is 2.54. The molecule has 0 saturated carbocycles. The van der Waals surface area contributed by atoms with Gasteiger partial charge in [0.15, 0.2) is 0 Å². The molecule has 1 rings (SSSR count). The van der Waals surface area contributed by atoms with Gasteiger partial charge in [0.1, 0.15) is 0 Å². The van der Waals surface area contributed by atoms with Crippen molar-refractivity contribution in [1.82, 2.24) is 0 Å². The van der Waals surface area contributed by atoms with Crippen LogP contribution in [0.1, 0.15) is 12.8 Å². The molecule has 0 amide bonds. The van der Waals surface area contributed by atoms with Gasteiger partial charge in [0.25, 0.3) is 0 Å². The minimum Gasteiger partial charge on any atom is -0.481 e. The van der Waals surface area contributed by atoms with Crippen LogP contribution in [0.2, 0.25) is 0 Å². The van der Waals surface area contributed by atoms with Gasteiger partial charge in [-0.25, -0.2) is 0 Å². The fourth-order valence-electron chi connectivity index (χ4n) is 1.60. The van der Waals surface area contributed by atoms with Crippen molar-refractivity contribution >= 4 is 11.9 Å². The van der Waals surface area contributed by atoms with Crippen LogP contribution in [0.15, 0.2) is 0 Å². The largest absolute Gasteiger partial charge is 0.481 e. The van der Waals surface area contributed by atoms with E-state index in [0.29, 0.717) is 13.0 Å². The highest BCUT2D eigenvalue weighted by Crippen LogP contribution is 2.25. The van der Waals surface area contributed by atoms with Crippen molar-refractivity contribution in [2.45, 2.75) is 12.8 Å². The molecular weight excluding hydrogens is 188 g/mol. The first-order chi connectivity index (χ1) is 6.65. The smallest absolute Gasteiger partial charge is 0.309 e. The molecule has 0 aromatic rings. The molecule has 5 nitrogen and oxygen atoms in total. The first kappa shape index (κ1) is 11.0. The molecule has 80 valence electrons. The summed E-state index contributed by atoms with van der Waals surface area (Å²) in [6.45, 7) is 0.711. The molecule has 0 aliphatic carbocycles. The molecular formula is C9H14O5. The molecule has 5 heteroatoms. The van der Waals surface area contributed by atoms with Gasteiger partial charge < -0.3 is 14.6 Å². The van der Waals surface area contributed by atoms with E-state index in [1.807, 2.05) is 0 Å². The van der Waals surface area contributed by atoms with E-state index in [0.717, 1.165) is 0 Å². The van der Waals surface area contributed by atoms with Gasteiger partial charge in [-0.3, -0.25) is 9.59 Å². The number of carboxylic acids is 1. The summed E-state index contributed by atoms with van der Waals surface area (Å²) in [7, 11) is 1.30. The SMILES string of the molecule is COC(=O)C[C@H]1CCOC[C@H]1C(=O)O. The number of methoxy groups -OCH3 is 1. The number of aliphatic carboxylic acids is 1. The summed E-state index contributed by atoms with van der Waals surface area (Å²) in [6.07, 6.45) is 0.767. The first-order valence-electron chi connectivity index (χ1n) is 4.52. The predicted molar refractivity (Wildman–Crippen MR) is 46.7 cm³/mol. The Bertz CT molecular complexity index is 225. The van der Waals surface area contributed by atoms with Crippen LogP contribution in [-0.4, -0.2) is 37.4 Å².